The van der Waals surface area contributed by atoms with E-state index in [2.05, 4.69) is 53.0 Å². The highest BCUT2D eigenvalue weighted by molar-refractivity contribution is 5.89. The van der Waals surface area contributed by atoms with E-state index in [1.54, 1.807) is 0 Å². The van der Waals surface area contributed by atoms with Gasteiger partial charge in [-0.05, 0) is 18.2 Å². The van der Waals surface area contributed by atoms with E-state index in [1.807, 2.05) is 17.9 Å². The molecule has 1 atom stereocenters. The Balaban J connectivity index is 1.65. The smallest absolute Gasteiger partial charge is 0.131 e. The fourth-order valence-corrected chi connectivity index (χ4v) is 3.33. The first-order chi connectivity index (χ1) is 11.3. The van der Waals surface area contributed by atoms with Crippen LogP contribution in [0.1, 0.15) is 30.0 Å². The number of fused-ring (bicyclic) bond motifs is 3. The van der Waals surface area contributed by atoms with Crippen molar-refractivity contribution in [2.24, 2.45) is 7.05 Å². The number of hydrogen-bond donors (Lipinski definition) is 1. The zero-order chi connectivity index (χ0) is 15.6. The van der Waals surface area contributed by atoms with Gasteiger partial charge in [-0.1, -0.05) is 36.4 Å². The lowest BCUT2D eigenvalue weighted by Crippen LogP contribution is -2.20. The van der Waals surface area contributed by atoms with Crippen molar-refractivity contribution >= 4 is 10.8 Å². The van der Waals surface area contributed by atoms with E-state index in [-0.39, 0.29) is 0 Å². The first kappa shape index (κ1) is 14.3. The van der Waals surface area contributed by atoms with E-state index in [0.29, 0.717) is 6.04 Å². The van der Waals surface area contributed by atoms with Crippen LogP contribution >= 0.6 is 0 Å². The van der Waals surface area contributed by atoms with Crippen LogP contribution in [-0.2, 0) is 13.6 Å². The highest BCUT2D eigenvalue weighted by Gasteiger charge is 2.21. The molecule has 3 aromatic rings. The van der Waals surface area contributed by atoms with Gasteiger partial charge in [-0.15, -0.1) is 0 Å². The van der Waals surface area contributed by atoms with Crippen molar-refractivity contribution in [2.45, 2.75) is 25.4 Å². The van der Waals surface area contributed by atoms with Crippen LogP contribution in [0.2, 0.25) is 0 Å². The van der Waals surface area contributed by atoms with Crippen LogP contribution in [0.25, 0.3) is 10.8 Å². The van der Waals surface area contributed by atoms with E-state index < -0.39 is 0 Å². The van der Waals surface area contributed by atoms with Gasteiger partial charge < -0.3 is 10.1 Å². The molecule has 2 aromatic carbocycles. The normalized spacial score (nSPS) is 17.5. The topological polar surface area (TPSA) is 39.1 Å². The maximum absolute atomic E-state index is 6.09. The van der Waals surface area contributed by atoms with E-state index >= 15 is 0 Å². The zero-order valence-corrected chi connectivity index (χ0v) is 13.3. The molecule has 0 saturated heterocycles. The molecule has 1 aliphatic heterocycles. The maximum atomic E-state index is 6.09. The van der Waals surface area contributed by atoms with E-state index in [1.165, 1.54) is 21.9 Å². The van der Waals surface area contributed by atoms with Crippen LogP contribution in [0.15, 0.2) is 48.8 Å². The number of ether oxygens (including phenoxy) is 1. The minimum absolute atomic E-state index is 0.317. The molecule has 4 heteroatoms. The monoisotopic (exact) mass is 307 g/mol. The molecule has 4 nitrogen and oxygen atoms in total. The molecule has 0 spiro atoms. The summed E-state index contributed by atoms with van der Waals surface area (Å²) in [5, 5.41) is 10.4. The van der Waals surface area contributed by atoms with E-state index in [0.717, 1.165) is 31.7 Å². The fourth-order valence-electron chi connectivity index (χ4n) is 3.33. The van der Waals surface area contributed by atoms with Crippen molar-refractivity contribution in [2.75, 3.05) is 6.61 Å². The molecule has 1 aromatic heterocycles. The van der Waals surface area contributed by atoms with Gasteiger partial charge in [-0.3, -0.25) is 4.68 Å². The molecule has 1 N–H and O–H groups in total. The summed E-state index contributed by atoms with van der Waals surface area (Å²) in [4.78, 5) is 0. The first-order valence-electron chi connectivity index (χ1n) is 8.16. The molecule has 0 radical (unpaired) electrons. The van der Waals surface area contributed by atoms with Crippen LogP contribution in [0, 0.1) is 0 Å². The SMILES string of the molecule is Cn1cc(CNC2CCCOc3c2ccc2ccccc32)cn1. The summed E-state index contributed by atoms with van der Waals surface area (Å²) in [5.74, 6) is 1.05. The van der Waals surface area contributed by atoms with Gasteiger partial charge in [0.25, 0.3) is 0 Å². The second-order valence-electron chi connectivity index (χ2n) is 6.15. The van der Waals surface area contributed by atoms with Crippen molar-refractivity contribution in [1.29, 1.82) is 0 Å². The van der Waals surface area contributed by atoms with Crippen LogP contribution in [0.4, 0.5) is 0 Å². The molecule has 23 heavy (non-hydrogen) atoms. The molecule has 1 unspecified atom stereocenters. The van der Waals surface area contributed by atoms with E-state index in [9.17, 15) is 0 Å². The number of nitrogens with zero attached hydrogens (tertiary/aromatic N) is 2. The van der Waals surface area contributed by atoms with Crippen molar-refractivity contribution in [3.8, 4) is 5.75 Å². The van der Waals surface area contributed by atoms with Gasteiger partial charge in [0.05, 0.1) is 12.8 Å². The summed E-state index contributed by atoms with van der Waals surface area (Å²) in [6, 6.07) is 13.2. The summed E-state index contributed by atoms with van der Waals surface area (Å²) >= 11 is 0. The summed E-state index contributed by atoms with van der Waals surface area (Å²) in [6.45, 7) is 1.61. The van der Waals surface area contributed by atoms with Gasteiger partial charge in [0.15, 0.2) is 0 Å². The summed E-state index contributed by atoms with van der Waals surface area (Å²) < 4.78 is 7.93. The molecule has 1 aliphatic rings. The Kier molecular flexibility index (Phi) is 3.75. The molecule has 0 amide bonds. The Morgan fingerprint density at radius 3 is 3.04 bits per heavy atom. The summed E-state index contributed by atoms with van der Waals surface area (Å²) in [6.07, 6.45) is 6.13. The van der Waals surface area contributed by atoms with E-state index in [4.69, 9.17) is 4.74 Å². The van der Waals surface area contributed by atoms with Crippen LogP contribution in [0.5, 0.6) is 5.75 Å². The Hall–Kier alpha value is -2.33. The molecule has 0 bridgehead atoms. The maximum Gasteiger partial charge on any atom is 0.131 e. The molecular formula is C19H21N3O. The second-order valence-corrected chi connectivity index (χ2v) is 6.15. The Bertz CT molecular complexity index is 824. The number of aromatic nitrogens is 2. The molecule has 0 fully saturated rings. The van der Waals surface area contributed by atoms with Crippen molar-refractivity contribution in [3.63, 3.8) is 0 Å². The van der Waals surface area contributed by atoms with Gasteiger partial charge in [-0.2, -0.15) is 5.10 Å². The quantitative estimate of drug-likeness (QED) is 0.804. The Morgan fingerprint density at radius 2 is 2.17 bits per heavy atom. The molecule has 4 rings (SSSR count). The predicted molar refractivity (Wildman–Crippen MR) is 91.5 cm³/mol. The predicted octanol–water partition coefficient (Wildman–Crippen LogP) is 3.58. The van der Waals surface area contributed by atoms with Crippen molar-refractivity contribution in [1.82, 2.24) is 15.1 Å². The third kappa shape index (κ3) is 2.82. The number of benzene rings is 2. The summed E-state index contributed by atoms with van der Waals surface area (Å²) in [7, 11) is 1.95. The molecular weight excluding hydrogens is 286 g/mol. The first-order valence-corrected chi connectivity index (χ1v) is 8.16. The zero-order valence-electron chi connectivity index (χ0n) is 13.3. The second kappa shape index (κ2) is 6.05. The van der Waals surface area contributed by atoms with Crippen LogP contribution < -0.4 is 10.1 Å². The number of hydrogen-bond acceptors (Lipinski definition) is 3. The fraction of sp³-hybridized carbons (Fsp3) is 0.316. The Labute approximate surface area is 136 Å². The lowest BCUT2D eigenvalue weighted by atomic mass is 9.98. The van der Waals surface area contributed by atoms with Crippen LogP contribution in [-0.4, -0.2) is 16.4 Å². The lowest BCUT2D eigenvalue weighted by molar-refractivity contribution is 0.318. The molecule has 0 saturated carbocycles. The minimum atomic E-state index is 0.317. The lowest BCUT2D eigenvalue weighted by Gasteiger charge is -2.19. The highest BCUT2D eigenvalue weighted by atomic mass is 16.5. The average molecular weight is 307 g/mol. The third-order valence-electron chi connectivity index (χ3n) is 4.48. The molecule has 118 valence electrons. The van der Waals surface area contributed by atoms with Gasteiger partial charge in [0, 0.05) is 42.3 Å². The minimum Gasteiger partial charge on any atom is -0.493 e. The highest BCUT2D eigenvalue weighted by Crippen LogP contribution is 2.37. The van der Waals surface area contributed by atoms with Crippen molar-refractivity contribution in [3.05, 3.63) is 59.9 Å². The number of nitrogens with one attached hydrogen (secondary N) is 1. The van der Waals surface area contributed by atoms with Gasteiger partial charge in [0.1, 0.15) is 5.75 Å². The largest absolute Gasteiger partial charge is 0.493 e. The summed E-state index contributed by atoms with van der Waals surface area (Å²) in [5.41, 5.74) is 2.48. The van der Waals surface area contributed by atoms with Gasteiger partial charge in [-0.25, -0.2) is 0 Å². The van der Waals surface area contributed by atoms with Crippen molar-refractivity contribution < 1.29 is 4.74 Å². The average Bonchev–Trinajstić information content (AvgIpc) is 2.88. The standard InChI is InChI=1S/C19H21N3O/c1-22-13-14(12-21-22)11-20-18-7-4-10-23-19-16-6-3-2-5-15(16)8-9-17(18)19/h2-3,5-6,8-9,12-13,18,20H,4,7,10-11H2,1H3. The Morgan fingerprint density at radius 1 is 1.26 bits per heavy atom. The molecule has 2 heterocycles. The molecule has 0 aliphatic carbocycles. The number of aryl methyl sites for hydroxylation is 1. The third-order valence-corrected chi connectivity index (χ3v) is 4.48. The van der Waals surface area contributed by atoms with Crippen LogP contribution in [0.3, 0.4) is 0 Å². The van der Waals surface area contributed by atoms with Gasteiger partial charge >= 0.3 is 0 Å². The van der Waals surface area contributed by atoms with Gasteiger partial charge in [0.2, 0.25) is 0 Å². The number of rotatable bonds is 3.